The Kier molecular flexibility index (Phi) is 2.18. The van der Waals surface area contributed by atoms with E-state index in [0.29, 0.717) is 5.84 Å². The summed E-state index contributed by atoms with van der Waals surface area (Å²) in [4.78, 5) is 14.6. The Morgan fingerprint density at radius 2 is 2.33 bits per heavy atom. The molecule has 1 atom stereocenters. The molecule has 1 aliphatic rings. The second-order valence-electron chi connectivity index (χ2n) is 3.77. The first-order chi connectivity index (χ1) is 7.08. The molecular weight excluding hydrogens is 194 g/mol. The molecule has 6 nitrogen and oxygen atoms in total. The SMILES string of the molecule is CC(C)n1cc(C2NC(=O)N=C2N)cn1. The Morgan fingerprint density at radius 3 is 2.80 bits per heavy atom. The van der Waals surface area contributed by atoms with Crippen molar-refractivity contribution >= 4 is 11.9 Å². The van der Waals surface area contributed by atoms with Gasteiger partial charge < -0.3 is 11.1 Å². The number of carbonyl (C=O) groups excluding carboxylic acids is 1. The van der Waals surface area contributed by atoms with Crippen LogP contribution in [0.2, 0.25) is 0 Å². The zero-order valence-electron chi connectivity index (χ0n) is 8.64. The lowest BCUT2D eigenvalue weighted by molar-refractivity contribution is 0.250. The van der Waals surface area contributed by atoms with E-state index in [1.165, 1.54) is 0 Å². The van der Waals surface area contributed by atoms with Crippen molar-refractivity contribution < 1.29 is 4.79 Å². The van der Waals surface area contributed by atoms with Gasteiger partial charge in [0.25, 0.3) is 0 Å². The van der Waals surface area contributed by atoms with Crippen molar-refractivity contribution in [2.75, 3.05) is 0 Å². The van der Waals surface area contributed by atoms with Crippen LogP contribution in [-0.4, -0.2) is 21.6 Å². The van der Waals surface area contributed by atoms with Crippen LogP contribution in [0.3, 0.4) is 0 Å². The number of nitrogens with two attached hydrogens (primary N) is 1. The molecule has 0 radical (unpaired) electrons. The molecule has 15 heavy (non-hydrogen) atoms. The quantitative estimate of drug-likeness (QED) is 0.744. The Labute approximate surface area is 87.2 Å². The summed E-state index contributed by atoms with van der Waals surface area (Å²) in [7, 11) is 0. The maximum atomic E-state index is 11.0. The Bertz CT molecular complexity index is 420. The number of nitrogens with one attached hydrogen (secondary N) is 1. The number of aliphatic imine (C=N–C) groups is 1. The maximum absolute atomic E-state index is 11.0. The van der Waals surface area contributed by atoms with Gasteiger partial charge in [0.1, 0.15) is 11.9 Å². The van der Waals surface area contributed by atoms with Gasteiger partial charge in [-0.2, -0.15) is 10.1 Å². The molecule has 0 aliphatic carbocycles. The third-order valence-electron chi connectivity index (χ3n) is 2.28. The molecule has 1 aromatic rings. The summed E-state index contributed by atoms with van der Waals surface area (Å²) in [6, 6.07) is -0.436. The Balaban J connectivity index is 2.24. The fraction of sp³-hybridized carbons (Fsp3) is 0.444. The third-order valence-corrected chi connectivity index (χ3v) is 2.28. The van der Waals surface area contributed by atoms with Crippen LogP contribution in [0.1, 0.15) is 31.5 Å². The highest BCUT2D eigenvalue weighted by atomic mass is 16.2. The van der Waals surface area contributed by atoms with E-state index in [-0.39, 0.29) is 12.1 Å². The summed E-state index contributed by atoms with van der Waals surface area (Å²) >= 11 is 0. The summed E-state index contributed by atoms with van der Waals surface area (Å²) in [6.45, 7) is 4.06. The molecule has 0 fully saturated rings. The van der Waals surface area contributed by atoms with Crippen molar-refractivity contribution in [1.82, 2.24) is 15.1 Å². The summed E-state index contributed by atoms with van der Waals surface area (Å²) in [6.07, 6.45) is 3.56. The van der Waals surface area contributed by atoms with Crippen LogP contribution < -0.4 is 11.1 Å². The van der Waals surface area contributed by atoms with Crippen molar-refractivity contribution in [3.63, 3.8) is 0 Å². The van der Waals surface area contributed by atoms with E-state index in [1.54, 1.807) is 6.20 Å². The molecular formula is C9H13N5O. The second-order valence-corrected chi connectivity index (χ2v) is 3.77. The van der Waals surface area contributed by atoms with Crippen molar-refractivity contribution in [3.8, 4) is 0 Å². The number of carbonyl (C=O) groups is 1. The van der Waals surface area contributed by atoms with Crippen LogP contribution in [0, 0.1) is 0 Å². The van der Waals surface area contributed by atoms with E-state index >= 15 is 0 Å². The number of amides is 2. The highest BCUT2D eigenvalue weighted by Gasteiger charge is 2.26. The molecule has 0 saturated heterocycles. The fourth-order valence-corrected chi connectivity index (χ4v) is 1.45. The van der Waals surface area contributed by atoms with Crippen molar-refractivity contribution in [2.45, 2.75) is 25.9 Å². The van der Waals surface area contributed by atoms with Gasteiger partial charge in [0.15, 0.2) is 0 Å². The topological polar surface area (TPSA) is 85.3 Å². The second kappa shape index (κ2) is 3.38. The number of nitrogens with zero attached hydrogens (tertiary/aromatic N) is 3. The van der Waals surface area contributed by atoms with Gasteiger partial charge in [-0.15, -0.1) is 0 Å². The van der Waals surface area contributed by atoms with Crippen LogP contribution >= 0.6 is 0 Å². The minimum Gasteiger partial charge on any atom is -0.385 e. The molecule has 6 heteroatoms. The summed E-state index contributed by atoms with van der Waals surface area (Å²) in [5, 5.41) is 6.83. The van der Waals surface area contributed by atoms with Gasteiger partial charge in [0.05, 0.1) is 6.20 Å². The first-order valence-corrected chi connectivity index (χ1v) is 4.76. The summed E-state index contributed by atoms with van der Waals surface area (Å²) in [5.41, 5.74) is 6.47. The Morgan fingerprint density at radius 1 is 1.60 bits per heavy atom. The van der Waals surface area contributed by atoms with Crippen molar-refractivity contribution in [3.05, 3.63) is 18.0 Å². The molecule has 0 aromatic carbocycles. The van der Waals surface area contributed by atoms with E-state index in [9.17, 15) is 4.79 Å². The van der Waals surface area contributed by atoms with E-state index in [1.807, 2.05) is 24.7 Å². The molecule has 2 heterocycles. The number of hydrogen-bond acceptors (Lipinski definition) is 3. The van der Waals surface area contributed by atoms with Gasteiger partial charge in [0, 0.05) is 17.8 Å². The lowest BCUT2D eigenvalue weighted by Gasteiger charge is -2.07. The molecule has 0 saturated carbocycles. The lowest BCUT2D eigenvalue weighted by atomic mass is 10.1. The predicted molar refractivity (Wildman–Crippen MR) is 55.5 cm³/mol. The standard InChI is InChI=1S/C9H13N5O/c1-5(2)14-4-6(3-11-14)7-8(10)13-9(15)12-7/h3-5,7H,1-2H3,(H3,10,12,13,15). The molecule has 0 spiro atoms. The summed E-state index contributed by atoms with van der Waals surface area (Å²) < 4.78 is 1.81. The normalized spacial score (nSPS) is 20.6. The van der Waals surface area contributed by atoms with Gasteiger partial charge in [-0.1, -0.05) is 0 Å². The van der Waals surface area contributed by atoms with Gasteiger partial charge in [-0.05, 0) is 13.8 Å². The van der Waals surface area contributed by atoms with Crippen LogP contribution in [0.25, 0.3) is 0 Å². The molecule has 2 amide bonds. The molecule has 80 valence electrons. The third kappa shape index (κ3) is 1.70. The van der Waals surface area contributed by atoms with Gasteiger partial charge in [-0.3, -0.25) is 4.68 Å². The van der Waals surface area contributed by atoms with E-state index in [4.69, 9.17) is 5.73 Å². The van der Waals surface area contributed by atoms with Crippen LogP contribution in [0.15, 0.2) is 17.4 Å². The average Bonchev–Trinajstić information content (AvgIpc) is 2.71. The number of hydrogen-bond donors (Lipinski definition) is 2. The number of rotatable bonds is 2. The lowest BCUT2D eigenvalue weighted by Crippen LogP contribution is -2.27. The predicted octanol–water partition coefficient (Wildman–Crippen LogP) is 0.586. The monoisotopic (exact) mass is 207 g/mol. The first kappa shape index (κ1) is 9.70. The number of urea groups is 1. The van der Waals surface area contributed by atoms with Gasteiger partial charge in [0.2, 0.25) is 0 Å². The average molecular weight is 207 g/mol. The molecule has 2 rings (SSSR count). The zero-order valence-corrected chi connectivity index (χ0v) is 8.64. The molecule has 1 unspecified atom stereocenters. The van der Waals surface area contributed by atoms with Crippen LogP contribution in [-0.2, 0) is 0 Å². The highest BCUT2D eigenvalue weighted by Crippen LogP contribution is 2.17. The minimum atomic E-state index is -0.394. The highest BCUT2D eigenvalue weighted by molar-refractivity contribution is 6.03. The van der Waals surface area contributed by atoms with Gasteiger partial charge >= 0.3 is 6.03 Å². The van der Waals surface area contributed by atoms with Crippen LogP contribution in [0.5, 0.6) is 0 Å². The molecule has 1 aliphatic heterocycles. The van der Waals surface area contributed by atoms with Crippen molar-refractivity contribution in [2.24, 2.45) is 10.7 Å². The Hall–Kier alpha value is -1.85. The van der Waals surface area contributed by atoms with Crippen LogP contribution in [0.4, 0.5) is 4.79 Å². The van der Waals surface area contributed by atoms with E-state index in [0.717, 1.165) is 5.56 Å². The molecule has 3 N–H and O–H groups in total. The van der Waals surface area contributed by atoms with Gasteiger partial charge in [-0.25, -0.2) is 4.79 Å². The first-order valence-electron chi connectivity index (χ1n) is 4.76. The largest absolute Gasteiger partial charge is 0.385 e. The zero-order chi connectivity index (χ0) is 11.0. The summed E-state index contributed by atoms with van der Waals surface area (Å²) in [5.74, 6) is 0.295. The number of amidine groups is 1. The van der Waals surface area contributed by atoms with E-state index < -0.39 is 6.03 Å². The molecule has 0 bridgehead atoms. The fourth-order valence-electron chi connectivity index (χ4n) is 1.45. The molecule has 1 aromatic heterocycles. The number of aromatic nitrogens is 2. The van der Waals surface area contributed by atoms with Crippen molar-refractivity contribution in [1.29, 1.82) is 0 Å². The minimum absolute atomic E-state index is 0.286. The smallest absolute Gasteiger partial charge is 0.343 e. The van der Waals surface area contributed by atoms with E-state index in [2.05, 4.69) is 15.4 Å². The maximum Gasteiger partial charge on any atom is 0.343 e.